The van der Waals surface area contributed by atoms with Crippen LogP contribution >= 0.6 is 15.9 Å². The van der Waals surface area contributed by atoms with E-state index in [9.17, 15) is 4.79 Å². The number of methoxy groups -OCH3 is 1. The SMILES string of the molecule is CCN(CCC(=O)OC)c1ccnc2cc(Br)cnc12. The molecule has 0 bridgehead atoms. The lowest BCUT2D eigenvalue weighted by atomic mass is 10.2. The predicted octanol–water partition coefficient (Wildman–Crippen LogP) is 2.78. The summed E-state index contributed by atoms with van der Waals surface area (Å²) in [5.74, 6) is -0.211. The molecule has 5 nitrogen and oxygen atoms in total. The average Bonchev–Trinajstić information content (AvgIpc) is 2.47. The molecule has 0 N–H and O–H groups in total. The van der Waals surface area contributed by atoms with Crippen molar-refractivity contribution in [3.63, 3.8) is 0 Å². The van der Waals surface area contributed by atoms with E-state index in [1.807, 2.05) is 19.1 Å². The summed E-state index contributed by atoms with van der Waals surface area (Å²) in [6.07, 6.45) is 3.86. The van der Waals surface area contributed by atoms with Crippen LogP contribution in [0.5, 0.6) is 0 Å². The summed E-state index contributed by atoms with van der Waals surface area (Å²) in [5.41, 5.74) is 2.64. The molecule has 0 radical (unpaired) electrons. The van der Waals surface area contributed by atoms with Crippen LogP contribution in [0.1, 0.15) is 13.3 Å². The number of esters is 1. The average molecular weight is 338 g/mol. The van der Waals surface area contributed by atoms with Gasteiger partial charge < -0.3 is 9.64 Å². The van der Waals surface area contributed by atoms with Crippen molar-refractivity contribution in [3.8, 4) is 0 Å². The normalized spacial score (nSPS) is 10.6. The molecule has 106 valence electrons. The molecule has 2 rings (SSSR count). The van der Waals surface area contributed by atoms with Crippen LogP contribution in [-0.2, 0) is 9.53 Å². The number of aromatic nitrogens is 2. The molecule has 0 aliphatic heterocycles. The molecule has 20 heavy (non-hydrogen) atoms. The summed E-state index contributed by atoms with van der Waals surface area (Å²) in [6, 6.07) is 3.85. The van der Waals surface area contributed by atoms with Crippen LogP contribution in [0.25, 0.3) is 11.0 Å². The van der Waals surface area contributed by atoms with Crippen molar-refractivity contribution in [1.82, 2.24) is 9.97 Å². The number of carbonyl (C=O) groups excluding carboxylic acids is 1. The van der Waals surface area contributed by atoms with Gasteiger partial charge in [0, 0.05) is 30.0 Å². The van der Waals surface area contributed by atoms with E-state index in [2.05, 4.69) is 35.5 Å². The molecular formula is C14H16BrN3O2. The fourth-order valence-electron chi connectivity index (χ4n) is 2.02. The van der Waals surface area contributed by atoms with E-state index in [4.69, 9.17) is 0 Å². The molecule has 0 atom stereocenters. The largest absolute Gasteiger partial charge is 0.469 e. The zero-order valence-corrected chi connectivity index (χ0v) is 13.1. The quantitative estimate of drug-likeness (QED) is 0.785. The summed E-state index contributed by atoms with van der Waals surface area (Å²) in [7, 11) is 1.40. The molecule has 0 aromatic carbocycles. The zero-order valence-electron chi connectivity index (χ0n) is 11.5. The van der Waals surface area contributed by atoms with Crippen LogP contribution in [0, 0.1) is 0 Å². The van der Waals surface area contributed by atoms with Gasteiger partial charge in [0.25, 0.3) is 0 Å². The number of ether oxygens (including phenoxy) is 1. The van der Waals surface area contributed by atoms with Crippen LogP contribution in [-0.4, -0.2) is 36.1 Å². The number of fused-ring (bicyclic) bond motifs is 1. The monoisotopic (exact) mass is 337 g/mol. The Labute approximate surface area is 126 Å². The fourth-order valence-corrected chi connectivity index (χ4v) is 2.34. The predicted molar refractivity (Wildman–Crippen MR) is 81.8 cm³/mol. The highest BCUT2D eigenvalue weighted by Gasteiger charge is 2.12. The van der Waals surface area contributed by atoms with Crippen molar-refractivity contribution < 1.29 is 9.53 Å². The van der Waals surface area contributed by atoms with E-state index in [-0.39, 0.29) is 5.97 Å². The topological polar surface area (TPSA) is 55.3 Å². The Hall–Kier alpha value is -1.69. The molecule has 0 fully saturated rings. The molecule has 6 heteroatoms. The molecule has 0 aliphatic carbocycles. The van der Waals surface area contributed by atoms with Crippen molar-refractivity contribution in [3.05, 3.63) is 29.0 Å². The number of hydrogen-bond donors (Lipinski definition) is 0. The van der Waals surface area contributed by atoms with Gasteiger partial charge in [-0.25, -0.2) is 0 Å². The molecule has 2 aromatic rings. The summed E-state index contributed by atoms with van der Waals surface area (Å²) in [6.45, 7) is 3.43. The minimum Gasteiger partial charge on any atom is -0.469 e. The number of pyridine rings is 2. The van der Waals surface area contributed by atoms with Gasteiger partial charge >= 0.3 is 5.97 Å². The van der Waals surface area contributed by atoms with Crippen LogP contribution in [0.15, 0.2) is 29.0 Å². The Morgan fingerprint density at radius 1 is 1.45 bits per heavy atom. The minimum atomic E-state index is -0.211. The molecule has 0 amide bonds. The van der Waals surface area contributed by atoms with Gasteiger partial charge in [0.2, 0.25) is 0 Å². The van der Waals surface area contributed by atoms with Gasteiger partial charge in [0.1, 0.15) is 5.52 Å². The van der Waals surface area contributed by atoms with Gasteiger partial charge in [-0.3, -0.25) is 14.8 Å². The van der Waals surface area contributed by atoms with E-state index in [1.54, 1.807) is 12.4 Å². The second kappa shape index (κ2) is 6.65. The van der Waals surface area contributed by atoms with Gasteiger partial charge in [-0.1, -0.05) is 0 Å². The number of rotatable bonds is 5. The first-order valence-corrected chi connectivity index (χ1v) is 7.17. The van der Waals surface area contributed by atoms with Gasteiger partial charge in [-0.15, -0.1) is 0 Å². The molecule has 2 heterocycles. The highest BCUT2D eigenvalue weighted by Crippen LogP contribution is 2.25. The first kappa shape index (κ1) is 14.7. The lowest BCUT2D eigenvalue weighted by Crippen LogP contribution is -2.26. The first-order chi connectivity index (χ1) is 9.65. The summed E-state index contributed by atoms with van der Waals surface area (Å²) < 4.78 is 5.58. The maximum atomic E-state index is 11.3. The highest BCUT2D eigenvalue weighted by atomic mass is 79.9. The third-order valence-electron chi connectivity index (χ3n) is 3.06. The van der Waals surface area contributed by atoms with Crippen LogP contribution in [0.2, 0.25) is 0 Å². The molecule has 0 unspecified atom stereocenters. The van der Waals surface area contributed by atoms with Crippen molar-refractivity contribution in [2.24, 2.45) is 0 Å². The number of carbonyl (C=O) groups is 1. The third kappa shape index (κ3) is 3.25. The van der Waals surface area contributed by atoms with Crippen LogP contribution in [0.4, 0.5) is 5.69 Å². The smallest absolute Gasteiger partial charge is 0.307 e. The maximum absolute atomic E-state index is 11.3. The summed E-state index contributed by atoms with van der Waals surface area (Å²) in [5, 5.41) is 0. The Morgan fingerprint density at radius 2 is 2.25 bits per heavy atom. The molecule has 0 saturated carbocycles. The molecule has 0 saturated heterocycles. The molecule has 0 aliphatic rings. The number of nitrogens with zero attached hydrogens (tertiary/aromatic N) is 3. The maximum Gasteiger partial charge on any atom is 0.307 e. The van der Waals surface area contributed by atoms with Gasteiger partial charge in [-0.05, 0) is 35.0 Å². The molecule has 0 spiro atoms. The van der Waals surface area contributed by atoms with Crippen molar-refractivity contribution in [2.45, 2.75) is 13.3 Å². The van der Waals surface area contributed by atoms with Gasteiger partial charge in [0.15, 0.2) is 0 Å². The van der Waals surface area contributed by atoms with Crippen molar-refractivity contribution in [1.29, 1.82) is 0 Å². The highest BCUT2D eigenvalue weighted by molar-refractivity contribution is 9.10. The van der Waals surface area contributed by atoms with E-state index < -0.39 is 0 Å². The second-order valence-corrected chi connectivity index (χ2v) is 5.17. The number of anilines is 1. The van der Waals surface area contributed by atoms with E-state index in [0.29, 0.717) is 13.0 Å². The Morgan fingerprint density at radius 3 is 2.95 bits per heavy atom. The van der Waals surface area contributed by atoms with Gasteiger partial charge in [-0.2, -0.15) is 0 Å². The Balaban J connectivity index is 2.32. The second-order valence-electron chi connectivity index (χ2n) is 4.26. The van der Waals surface area contributed by atoms with E-state index >= 15 is 0 Å². The minimum absolute atomic E-state index is 0.211. The first-order valence-electron chi connectivity index (χ1n) is 6.37. The zero-order chi connectivity index (χ0) is 14.5. The third-order valence-corrected chi connectivity index (χ3v) is 3.49. The lowest BCUT2D eigenvalue weighted by molar-refractivity contribution is -0.140. The molecular weight excluding hydrogens is 322 g/mol. The van der Waals surface area contributed by atoms with Crippen LogP contribution in [0.3, 0.4) is 0 Å². The standard InChI is InChI=1S/C14H16BrN3O2/c1-3-18(7-5-13(19)20-2)12-4-6-16-11-8-10(15)9-17-14(11)12/h4,6,8-9H,3,5,7H2,1-2H3. The fraction of sp³-hybridized carbons (Fsp3) is 0.357. The number of hydrogen-bond acceptors (Lipinski definition) is 5. The van der Waals surface area contributed by atoms with E-state index in [0.717, 1.165) is 27.7 Å². The van der Waals surface area contributed by atoms with Gasteiger partial charge in [0.05, 0.1) is 24.7 Å². The summed E-state index contributed by atoms with van der Waals surface area (Å²) >= 11 is 3.39. The Kier molecular flexibility index (Phi) is 4.89. The number of halogens is 1. The van der Waals surface area contributed by atoms with E-state index in [1.165, 1.54) is 7.11 Å². The molecule has 2 aromatic heterocycles. The van der Waals surface area contributed by atoms with Crippen molar-refractivity contribution in [2.75, 3.05) is 25.1 Å². The van der Waals surface area contributed by atoms with Crippen LogP contribution < -0.4 is 4.90 Å². The Bertz CT molecular complexity index is 618. The van der Waals surface area contributed by atoms with Crippen molar-refractivity contribution >= 4 is 38.6 Å². The lowest BCUT2D eigenvalue weighted by Gasteiger charge is -2.23. The summed E-state index contributed by atoms with van der Waals surface area (Å²) in [4.78, 5) is 22.1.